The predicted octanol–water partition coefficient (Wildman–Crippen LogP) is -0.640. The SMILES string of the molecule is Cc1cc2c(c(O)c1OC1OC(CO)C(O)C(O)C1O)C(=O)c1c(O)cccc1C2=O. The van der Waals surface area contributed by atoms with Crippen LogP contribution in [-0.2, 0) is 4.74 Å². The Balaban J connectivity index is 1.77. The maximum Gasteiger partial charge on any atom is 0.229 e. The highest BCUT2D eigenvalue weighted by Crippen LogP contribution is 2.43. The molecule has 2 aromatic rings. The van der Waals surface area contributed by atoms with Gasteiger partial charge in [-0.25, -0.2) is 0 Å². The smallest absolute Gasteiger partial charge is 0.229 e. The Morgan fingerprint density at radius 3 is 2.35 bits per heavy atom. The van der Waals surface area contributed by atoms with E-state index in [1.807, 2.05) is 0 Å². The average molecular weight is 432 g/mol. The zero-order valence-corrected chi connectivity index (χ0v) is 16.2. The van der Waals surface area contributed by atoms with Gasteiger partial charge in [0.25, 0.3) is 0 Å². The standard InChI is InChI=1S/C21H20O10/c1-7-5-9-13(16(26)12-8(14(9)24)3-2-4-10(12)23)17(27)20(7)31-21-19(29)18(28)15(25)11(6-22)30-21/h2-5,11,15,18-19,21-23,25,27-29H,6H2,1H3. The first-order valence-electron chi connectivity index (χ1n) is 9.42. The Labute approximate surface area is 175 Å². The van der Waals surface area contributed by atoms with E-state index in [9.17, 15) is 40.2 Å². The number of carbonyl (C=O) groups is 2. The van der Waals surface area contributed by atoms with Crippen molar-refractivity contribution in [3.05, 3.63) is 52.1 Å². The molecule has 0 spiro atoms. The molecular weight excluding hydrogens is 412 g/mol. The Hall–Kier alpha value is -3.02. The van der Waals surface area contributed by atoms with Crippen LogP contribution in [0.25, 0.3) is 0 Å². The van der Waals surface area contributed by atoms with Crippen LogP contribution in [0.2, 0.25) is 0 Å². The molecule has 2 aliphatic rings. The topological polar surface area (TPSA) is 174 Å². The van der Waals surface area contributed by atoms with E-state index in [2.05, 4.69) is 0 Å². The fourth-order valence-corrected chi connectivity index (χ4v) is 3.86. The molecule has 2 aromatic carbocycles. The lowest BCUT2D eigenvalue weighted by Gasteiger charge is -2.39. The molecule has 0 aromatic heterocycles. The average Bonchev–Trinajstić information content (AvgIpc) is 2.74. The van der Waals surface area contributed by atoms with Crippen molar-refractivity contribution in [2.75, 3.05) is 6.61 Å². The Morgan fingerprint density at radius 1 is 0.968 bits per heavy atom. The second-order valence-corrected chi connectivity index (χ2v) is 7.47. The molecule has 4 rings (SSSR count). The van der Waals surface area contributed by atoms with Crippen molar-refractivity contribution in [3.8, 4) is 17.2 Å². The van der Waals surface area contributed by atoms with E-state index in [-0.39, 0.29) is 33.6 Å². The number of carbonyl (C=O) groups excluding carboxylic acids is 2. The second-order valence-electron chi connectivity index (χ2n) is 7.47. The molecule has 0 saturated carbocycles. The quantitative estimate of drug-likeness (QED) is 0.312. The van der Waals surface area contributed by atoms with Gasteiger partial charge in [-0.15, -0.1) is 0 Å². The number of hydrogen-bond acceptors (Lipinski definition) is 10. The summed E-state index contributed by atoms with van der Waals surface area (Å²) < 4.78 is 10.8. The van der Waals surface area contributed by atoms with Crippen molar-refractivity contribution in [2.24, 2.45) is 0 Å². The van der Waals surface area contributed by atoms with Crippen LogP contribution < -0.4 is 4.74 Å². The summed E-state index contributed by atoms with van der Waals surface area (Å²) in [6.07, 6.45) is -7.89. The van der Waals surface area contributed by atoms with E-state index < -0.39 is 60.4 Å². The number of benzene rings is 2. The normalized spacial score (nSPS) is 27.6. The number of aliphatic hydroxyl groups excluding tert-OH is 4. The van der Waals surface area contributed by atoms with Crippen LogP contribution in [0.1, 0.15) is 37.4 Å². The third-order valence-electron chi connectivity index (χ3n) is 5.51. The number of aliphatic hydroxyl groups is 4. The van der Waals surface area contributed by atoms with Gasteiger partial charge in [-0.2, -0.15) is 0 Å². The predicted molar refractivity (Wildman–Crippen MR) is 102 cm³/mol. The highest BCUT2D eigenvalue weighted by atomic mass is 16.7. The lowest BCUT2D eigenvalue weighted by atomic mass is 9.82. The molecule has 10 heteroatoms. The van der Waals surface area contributed by atoms with Crippen LogP contribution >= 0.6 is 0 Å². The first-order chi connectivity index (χ1) is 14.7. The van der Waals surface area contributed by atoms with Crippen LogP contribution in [0.5, 0.6) is 17.2 Å². The highest BCUT2D eigenvalue weighted by Gasteiger charge is 2.45. The van der Waals surface area contributed by atoms with Crippen LogP contribution in [0, 0.1) is 6.92 Å². The zero-order valence-electron chi connectivity index (χ0n) is 16.2. The number of fused-ring (bicyclic) bond motifs is 2. The number of aromatic hydroxyl groups is 2. The maximum absolute atomic E-state index is 13.0. The monoisotopic (exact) mass is 432 g/mol. The van der Waals surface area contributed by atoms with Crippen molar-refractivity contribution < 1.29 is 49.7 Å². The van der Waals surface area contributed by atoms with Crippen molar-refractivity contribution in [3.63, 3.8) is 0 Å². The van der Waals surface area contributed by atoms with Crippen molar-refractivity contribution in [2.45, 2.75) is 37.6 Å². The molecule has 0 radical (unpaired) electrons. The molecule has 6 N–H and O–H groups in total. The van der Waals surface area contributed by atoms with E-state index in [1.54, 1.807) is 0 Å². The van der Waals surface area contributed by atoms with Gasteiger partial charge >= 0.3 is 0 Å². The fourth-order valence-electron chi connectivity index (χ4n) is 3.86. The minimum absolute atomic E-state index is 0.00102. The molecule has 1 aliphatic heterocycles. The third-order valence-corrected chi connectivity index (χ3v) is 5.51. The number of ketones is 2. The van der Waals surface area contributed by atoms with E-state index in [4.69, 9.17) is 9.47 Å². The Kier molecular flexibility index (Phi) is 5.20. The molecule has 1 saturated heterocycles. The maximum atomic E-state index is 13.0. The van der Waals surface area contributed by atoms with Crippen LogP contribution in [-0.4, -0.2) is 79.5 Å². The van der Waals surface area contributed by atoms with Gasteiger partial charge in [0.2, 0.25) is 12.1 Å². The largest absolute Gasteiger partial charge is 0.507 e. The first kappa shape index (κ1) is 21.2. The lowest BCUT2D eigenvalue weighted by Crippen LogP contribution is -2.60. The number of aryl methyl sites for hydroxylation is 1. The van der Waals surface area contributed by atoms with Gasteiger partial charge in [-0.1, -0.05) is 12.1 Å². The summed E-state index contributed by atoms with van der Waals surface area (Å²) in [4.78, 5) is 25.9. The summed E-state index contributed by atoms with van der Waals surface area (Å²) in [6, 6.07) is 5.38. The van der Waals surface area contributed by atoms with Gasteiger partial charge in [-0.3, -0.25) is 9.59 Å². The molecule has 1 fully saturated rings. The summed E-state index contributed by atoms with van der Waals surface area (Å²) in [5.41, 5.74) is -0.502. The van der Waals surface area contributed by atoms with Crippen molar-refractivity contribution in [1.82, 2.24) is 0 Å². The molecule has 5 atom stereocenters. The molecule has 164 valence electrons. The van der Waals surface area contributed by atoms with E-state index in [1.165, 1.54) is 31.2 Å². The summed E-state index contributed by atoms with van der Waals surface area (Å²) in [6.45, 7) is 0.804. The molecule has 10 nitrogen and oxygen atoms in total. The zero-order chi connectivity index (χ0) is 22.6. The molecule has 5 unspecified atom stereocenters. The number of ether oxygens (including phenoxy) is 2. The van der Waals surface area contributed by atoms with Gasteiger partial charge in [0, 0.05) is 11.1 Å². The number of phenols is 2. The van der Waals surface area contributed by atoms with Gasteiger partial charge in [0.1, 0.15) is 30.2 Å². The summed E-state index contributed by atoms with van der Waals surface area (Å²) in [5, 5.41) is 60.2. The van der Waals surface area contributed by atoms with Crippen LogP contribution in [0.15, 0.2) is 24.3 Å². The molecule has 31 heavy (non-hydrogen) atoms. The molecule has 0 amide bonds. The Bertz CT molecular complexity index is 1080. The van der Waals surface area contributed by atoms with E-state index in [0.717, 1.165) is 0 Å². The highest BCUT2D eigenvalue weighted by molar-refractivity contribution is 6.30. The minimum atomic E-state index is -1.74. The summed E-state index contributed by atoms with van der Waals surface area (Å²) in [5.74, 6) is -2.79. The van der Waals surface area contributed by atoms with Crippen LogP contribution in [0.3, 0.4) is 0 Å². The van der Waals surface area contributed by atoms with E-state index >= 15 is 0 Å². The second kappa shape index (κ2) is 7.59. The molecule has 0 bridgehead atoms. The molecule has 1 heterocycles. The Morgan fingerprint density at radius 2 is 1.68 bits per heavy atom. The van der Waals surface area contributed by atoms with Gasteiger partial charge in [0.05, 0.1) is 17.7 Å². The fraction of sp³-hybridized carbons (Fsp3) is 0.333. The van der Waals surface area contributed by atoms with Gasteiger partial charge < -0.3 is 40.1 Å². The summed E-state index contributed by atoms with van der Waals surface area (Å²) in [7, 11) is 0. The summed E-state index contributed by atoms with van der Waals surface area (Å²) >= 11 is 0. The minimum Gasteiger partial charge on any atom is -0.507 e. The van der Waals surface area contributed by atoms with Crippen LogP contribution in [0.4, 0.5) is 0 Å². The number of hydrogen-bond donors (Lipinski definition) is 6. The molecular formula is C21H20O10. The van der Waals surface area contributed by atoms with E-state index in [0.29, 0.717) is 0 Å². The first-order valence-corrected chi connectivity index (χ1v) is 9.42. The molecule has 1 aliphatic carbocycles. The van der Waals surface area contributed by atoms with Crippen molar-refractivity contribution in [1.29, 1.82) is 0 Å². The van der Waals surface area contributed by atoms with Gasteiger partial charge in [0.15, 0.2) is 17.3 Å². The van der Waals surface area contributed by atoms with Gasteiger partial charge in [-0.05, 0) is 24.6 Å². The van der Waals surface area contributed by atoms with Crippen molar-refractivity contribution >= 4 is 11.6 Å². The third kappa shape index (κ3) is 3.16. The number of rotatable bonds is 3. The lowest BCUT2D eigenvalue weighted by molar-refractivity contribution is -0.277. The number of phenolic OH excluding ortho intramolecular Hbond substituents is 2.